The zero-order valence-corrected chi connectivity index (χ0v) is 35.5. The Labute approximate surface area is 359 Å². The Balaban J connectivity index is 1.02. The molecule has 61 heavy (non-hydrogen) atoms. The summed E-state index contributed by atoms with van der Waals surface area (Å²) >= 11 is 6.23. The smallest absolute Gasteiger partial charge is 0.293 e. The first-order valence-electron chi connectivity index (χ1n) is 20.4. The Kier molecular flexibility index (Phi) is 12.6. The number of nitrogens with one attached hydrogen (secondary N) is 3. The van der Waals surface area contributed by atoms with Crippen molar-refractivity contribution in [1.29, 1.82) is 0 Å². The van der Waals surface area contributed by atoms with E-state index in [0.717, 1.165) is 54.5 Å². The average molecular weight is 870 g/mol. The van der Waals surface area contributed by atoms with Crippen LogP contribution in [0, 0.1) is 16.0 Å². The molecule has 3 N–H and O–H groups in total. The van der Waals surface area contributed by atoms with Gasteiger partial charge in [-0.05, 0) is 91.8 Å². The van der Waals surface area contributed by atoms with E-state index >= 15 is 0 Å². The summed E-state index contributed by atoms with van der Waals surface area (Å²) in [5.41, 5.74) is 5.14. The molecule has 17 heteroatoms. The van der Waals surface area contributed by atoms with E-state index in [1.165, 1.54) is 41.1 Å². The quantitative estimate of drug-likeness (QED) is 0.0778. The average Bonchev–Trinajstić information content (AvgIpc) is 3.73. The highest BCUT2D eigenvalue weighted by molar-refractivity contribution is 7.90. The maximum absolute atomic E-state index is 13.9. The second-order valence-corrected chi connectivity index (χ2v) is 18.0. The van der Waals surface area contributed by atoms with Crippen LogP contribution in [0.2, 0.25) is 5.02 Å². The van der Waals surface area contributed by atoms with Gasteiger partial charge in [0, 0.05) is 73.2 Å². The number of allylic oxidation sites excluding steroid dienone is 1. The van der Waals surface area contributed by atoms with Gasteiger partial charge in [0.25, 0.3) is 21.6 Å². The van der Waals surface area contributed by atoms with E-state index in [4.69, 9.17) is 25.8 Å². The maximum atomic E-state index is 13.9. The number of aromatic amines is 1. The van der Waals surface area contributed by atoms with Crippen LogP contribution in [0.1, 0.15) is 49.0 Å². The number of nitro benzene ring substituents is 1. The van der Waals surface area contributed by atoms with Crippen LogP contribution >= 0.6 is 11.6 Å². The topological polar surface area (TPSA) is 181 Å². The third-order valence-electron chi connectivity index (χ3n) is 11.6. The number of anilines is 2. The SMILES string of the molecule is C[C@H]1CCC(CN2CCN(c3ccc(C(=O)NS(=O)(=O)c4ccc(NCC5COCCO5)c([N+](=O)[O-])c4)c(Oc4cnc5[nH]ccc5c4)c3)C[C@H]2C)=C(c2ccc(Cl)cc2)C1. The second-order valence-electron chi connectivity index (χ2n) is 15.9. The Morgan fingerprint density at radius 1 is 1.07 bits per heavy atom. The normalized spacial score (nSPS) is 20.1. The lowest BCUT2D eigenvalue weighted by molar-refractivity contribution is -0.384. The van der Waals surface area contributed by atoms with Crippen LogP contribution in [0.15, 0.2) is 95.7 Å². The number of carbonyl (C=O) groups is 1. The van der Waals surface area contributed by atoms with Gasteiger partial charge >= 0.3 is 0 Å². The first kappa shape index (κ1) is 42.2. The molecule has 1 amide bonds. The number of amides is 1. The fourth-order valence-electron chi connectivity index (χ4n) is 8.20. The highest BCUT2D eigenvalue weighted by Gasteiger charge is 2.30. The lowest BCUT2D eigenvalue weighted by atomic mass is 9.81. The van der Waals surface area contributed by atoms with Crippen molar-refractivity contribution in [2.24, 2.45) is 5.92 Å². The minimum Gasteiger partial charge on any atom is -0.455 e. The molecule has 1 aliphatic carbocycles. The fourth-order valence-corrected chi connectivity index (χ4v) is 9.31. The molecule has 0 saturated carbocycles. The van der Waals surface area contributed by atoms with E-state index in [-0.39, 0.29) is 35.7 Å². The van der Waals surface area contributed by atoms with Gasteiger partial charge in [0.15, 0.2) is 0 Å². The molecule has 2 aliphatic heterocycles. The van der Waals surface area contributed by atoms with Crippen LogP contribution in [-0.2, 0) is 19.5 Å². The monoisotopic (exact) mass is 869 g/mol. The second kappa shape index (κ2) is 18.2. The summed E-state index contributed by atoms with van der Waals surface area (Å²) in [6.45, 7) is 9.05. The van der Waals surface area contributed by atoms with Crippen molar-refractivity contribution in [1.82, 2.24) is 19.6 Å². The van der Waals surface area contributed by atoms with Gasteiger partial charge in [-0.1, -0.05) is 36.2 Å². The van der Waals surface area contributed by atoms with E-state index < -0.39 is 31.4 Å². The van der Waals surface area contributed by atoms with Crippen LogP contribution in [0.5, 0.6) is 11.5 Å². The van der Waals surface area contributed by atoms with Crippen LogP contribution < -0.4 is 19.7 Å². The summed E-state index contributed by atoms with van der Waals surface area (Å²) in [5, 5.41) is 16.5. The molecular weight excluding hydrogens is 822 g/mol. The van der Waals surface area contributed by atoms with Crippen molar-refractivity contribution in [3.8, 4) is 11.5 Å². The highest BCUT2D eigenvalue weighted by Crippen LogP contribution is 2.38. The highest BCUT2D eigenvalue weighted by atomic mass is 35.5. The lowest BCUT2D eigenvalue weighted by Crippen LogP contribution is -2.52. The van der Waals surface area contributed by atoms with Gasteiger partial charge in [-0.25, -0.2) is 18.1 Å². The number of sulfonamides is 1. The summed E-state index contributed by atoms with van der Waals surface area (Å²) < 4.78 is 46.7. The largest absolute Gasteiger partial charge is 0.455 e. The molecular formula is C44H48ClN7O8S. The summed E-state index contributed by atoms with van der Waals surface area (Å²) in [5.74, 6) is 0.103. The molecule has 4 heterocycles. The molecule has 3 aliphatic rings. The van der Waals surface area contributed by atoms with E-state index in [9.17, 15) is 23.3 Å². The van der Waals surface area contributed by atoms with Gasteiger partial charge in [-0.3, -0.25) is 19.8 Å². The number of nitro groups is 1. The number of ether oxygens (including phenoxy) is 3. The third-order valence-corrected chi connectivity index (χ3v) is 13.1. The molecule has 8 rings (SSSR count). The van der Waals surface area contributed by atoms with Gasteiger partial charge in [-0.15, -0.1) is 0 Å². The summed E-state index contributed by atoms with van der Waals surface area (Å²) in [4.78, 5) is 37.0. The molecule has 0 radical (unpaired) electrons. The number of aromatic nitrogens is 2. The Hall–Kier alpha value is -5.52. The number of pyridine rings is 1. The van der Waals surface area contributed by atoms with E-state index in [0.29, 0.717) is 50.2 Å². The minimum atomic E-state index is -4.58. The Bertz CT molecular complexity index is 2560. The minimum absolute atomic E-state index is 0.0520. The first-order chi connectivity index (χ1) is 29.4. The number of hydrogen-bond acceptors (Lipinski definition) is 12. The molecule has 15 nitrogen and oxygen atoms in total. The van der Waals surface area contributed by atoms with Crippen molar-refractivity contribution >= 4 is 61.2 Å². The summed E-state index contributed by atoms with van der Waals surface area (Å²) in [7, 11) is -4.58. The van der Waals surface area contributed by atoms with Crippen LogP contribution in [0.25, 0.3) is 16.6 Å². The van der Waals surface area contributed by atoms with Crippen molar-refractivity contribution in [2.75, 3.05) is 62.8 Å². The lowest BCUT2D eigenvalue weighted by Gasteiger charge is -2.42. The number of nitrogens with zero attached hydrogens (tertiary/aromatic N) is 4. The fraction of sp³-hybridized carbons (Fsp3) is 0.364. The van der Waals surface area contributed by atoms with E-state index in [1.54, 1.807) is 24.4 Å². The van der Waals surface area contributed by atoms with Gasteiger partial charge in [0.1, 0.15) is 22.8 Å². The zero-order chi connectivity index (χ0) is 42.7. The molecule has 1 unspecified atom stereocenters. The van der Waals surface area contributed by atoms with Gasteiger partial charge in [-0.2, -0.15) is 0 Å². The number of halogens is 1. The number of H-pyrrole nitrogens is 1. The molecule has 2 aromatic heterocycles. The van der Waals surface area contributed by atoms with Crippen LogP contribution in [0.3, 0.4) is 0 Å². The Morgan fingerprint density at radius 3 is 2.67 bits per heavy atom. The summed E-state index contributed by atoms with van der Waals surface area (Å²) in [6.07, 6.45) is 6.21. The van der Waals surface area contributed by atoms with Crippen molar-refractivity contribution in [3.05, 3.63) is 117 Å². The zero-order valence-electron chi connectivity index (χ0n) is 33.9. The van der Waals surface area contributed by atoms with Gasteiger partial charge in [0.05, 0.1) is 47.5 Å². The predicted molar refractivity (Wildman–Crippen MR) is 234 cm³/mol. The summed E-state index contributed by atoms with van der Waals surface area (Å²) in [6, 6.07) is 20.4. The molecule has 0 bridgehead atoms. The molecule has 5 aromatic rings. The number of rotatable bonds is 13. The van der Waals surface area contributed by atoms with E-state index in [2.05, 4.69) is 55.8 Å². The standard InChI is InChI=1S/C44H48ClN7O8S/c1-28-3-4-32(39(19-28)30-5-7-33(45)8-6-30)26-50-15-16-51(25-29(50)2)34-9-11-38(42(21-34)60-35-20-31-13-14-46-43(31)48-23-35)44(53)49-61(56,57)37-10-12-40(41(22-37)52(54)55)47-24-36-27-58-17-18-59-36/h5-14,20-23,28-29,36,47H,3-4,15-19,24-27H2,1-2H3,(H,46,48)(H,49,53)/t28-,29+,36?/m0/s1. The number of fused-ring (bicyclic) bond motifs is 1. The molecule has 3 aromatic carbocycles. The first-order valence-corrected chi connectivity index (χ1v) is 22.3. The molecule has 320 valence electrons. The van der Waals surface area contributed by atoms with E-state index in [1.807, 2.05) is 18.2 Å². The Morgan fingerprint density at radius 2 is 1.90 bits per heavy atom. The third kappa shape index (κ3) is 9.84. The molecule has 3 atom stereocenters. The number of hydrogen-bond donors (Lipinski definition) is 3. The number of carbonyl (C=O) groups excluding carboxylic acids is 1. The molecule has 2 fully saturated rings. The maximum Gasteiger partial charge on any atom is 0.293 e. The predicted octanol–water partition coefficient (Wildman–Crippen LogP) is 7.65. The van der Waals surface area contributed by atoms with Crippen molar-refractivity contribution in [3.63, 3.8) is 0 Å². The molecule has 2 saturated heterocycles. The van der Waals surface area contributed by atoms with Crippen molar-refractivity contribution in [2.45, 2.75) is 50.2 Å². The number of piperazine rings is 1. The van der Waals surface area contributed by atoms with Crippen molar-refractivity contribution < 1.29 is 32.3 Å². The van der Waals surface area contributed by atoms with Crippen LogP contribution in [-0.4, -0.2) is 98.8 Å². The molecule has 0 spiro atoms. The van der Waals surface area contributed by atoms with Gasteiger partial charge in [0.2, 0.25) is 0 Å². The van der Waals surface area contributed by atoms with Gasteiger partial charge < -0.3 is 29.4 Å². The number of benzene rings is 3. The van der Waals surface area contributed by atoms with Crippen LogP contribution in [0.4, 0.5) is 17.1 Å².